The summed E-state index contributed by atoms with van der Waals surface area (Å²) in [4.78, 5) is 28.3. The second kappa shape index (κ2) is 5.38. The molecule has 0 aliphatic carbocycles. The van der Waals surface area contributed by atoms with Crippen molar-refractivity contribution in [1.29, 1.82) is 0 Å². The van der Waals surface area contributed by atoms with Crippen molar-refractivity contribution in [2.24, 2.45) is 0 Å². The normalized spacial score (nSPS) is 29.8. The first-order chi connectivity index (χ1) is 9.66. The molecule has 21 heavy (non-hydrogen) atoms. The third-order valence-corrected chi connectivity index (χ3v) is 3.56. The lowest BCUT2D eigenvalue weighted by molar-refractivity contribution is -0.0237. The largest absolute Gasteiger partial charge is 0.394 e. The van der Waals surface area contributed by atoms with Crippen LogP contribution in [0.15, 0.2) is 9.59 Å². The number of aliphatic hydroxyl groups excluding tert-OH is 3. The summed E-state index contributed by atoms with van der Waals surface area (Å²) in [7, 11) is 0. The van der Waals surface area contributed by atoms with Crippen molar-refractivity contribution in [3.63, 3.8) is 0 Å². The Morgan fingerprint density at radius 2 is 1.76 bits per heavy atom. The van der Waals surface area contributed by atoms with Crippen LogP contribution in [0.5, 0.6) is 0 Å². The van der Waals surface area contributed by atoms with Crippen LogP contribution < -0.4 is 11.2 Å². The molecule has 0 unspecified atom stereocenters. The Morgan fingerprint density at radius 1 is 1.14 bits per heavy atom. The highest BCUT2D eigenvalue weighted by molar-refractivity contribution is 5.28. The van der Waals surface area contributed by atoms with E-state index in [9.17, 15) is 19.8 Å². The topological polar surface area (TPSA) is 136 Å². The Hall–Kier alpha value is -1.48. The Kier molecular flexibility index (Phi) is 4.07. The molecular formula is C13H20N2O6. The minimum absolute atomic E-state index is 0.0598. The van der Waals surface area contributed by atoms with E-state index in [1.54, 1.807) is 20.8 Å². The van der Waals surface area contributed by atoms with E-state index in [1.165, 1.54) is 0 Å². The van der Waals surface area contributed by atoms with Crippen molar-refractivity contribution in [2.75, 3.05) is 6.61 Å². The van der Waals surface area contributed by atoms with Crippen LogP contribution in [0.2, 0.25) is 0 Å². The molecule has 8 nitrogen and oxygen atoms in total. The van der Waals surface area contributed by atoms with Crippen LogP contribution in [0.4, 0.5) is 0 Å². The van der Waals surface area contributed by atoms with Crippen molar-refractivity contribution >= 4 is 0 Å². The number of nitrogens with one attached hydrogen (secondary N) is 2. The van der Waals surface area contributed by atoms with Crippen molar-refractivity contribution < 1.29 is 20.1 Å². The van der Waals surface area contributed by atoms with Crippen LogP contribution >= 0.6 is 0 Å². The van der Waals surface area contributed by atoms with Crippen molar-refractivity contribution in [2.45, 2.75) is 50.6 Å². The molecule has 118 valence electrons. The summed E-state index contributed by atoms with van der Waals surface area (Å²) in [5.41, 5.74) is -1.52. The van der Waals surface area contributed by atoms with E-state index in [0.717, 1.165) is 0 Å². The van der Waals surface area contributed by atoms with E-state index in [1.807, 2.05) is 0 Å². The van der Waals surface area contributed by atoms with E-state index >= 15 is 0 Å². The molecular weight excluding hydrogens is 280 g/mol. The van der Waals surface area contributed by atoms with E-state index in [-0.39, 0.29) is 5.56 Å². The lowest BCUT2D eigenvalue weighted by Crippen LogP contribution is -2.37. The molecule has 1 aliphatic rings. The lowest BCUT2D eigenvalue weighted by atomic mass is 9.86. The Bertz CT molecular complexity index is 629. The third-order valence-electron chi connectivity index (χ3n) is 3.56. The first-order valence-corrected chi connectivity index (χ1v) is 6.66. The molecule has 0 spiro atoms. The molecule has 0 amide bonds. The predicted molar refractivity (Wildman–Crippen MR) is 73.1 cm³/mol. The second-order valence-corrected chi connectivity index (χ2v) is 6.21. The highest BCUT2D eigenvalue weighted by Gasteiger charge is 2.45. The summed E-state index contributed by atoms with van der Waals surface area (Å²) in [6.45, 7) is 4.90. The zero-order valence-electron chi connectivity index (χ0n) is 12.1. The van der Waals surface area contributed by atoms with Gasteiger partial charge in [0, 0.05) is 11.1 Å². The van der Waals surface area contributed by atoms with Gasteiger partial charge in [0.15, 0.2) is 0 Å². The fourth-order valence-electron chi connectivity index (χ4n) is 2.50. The summed E-state index contributed by atoms with van der Waals surface area (Å²) in [6.07, 6.45) is -4.77. The zero-order chi connectivity index (χ0) is 15.9. The number of ether oxygens (including phenoxy) is 1. The fraction of sp³-hybridized carbons (Fsp3) is 0.692. The summed E-state index contributed by atoms with van der Waals surface area (Å²) >= 11 is 0. The summed E-state index contributed by atoms with van der Waals surface area (Å²) < 4.78 is 5.39. The standard InChI is InChI=1S/C13H20N2O6/c1-13(2,3)10-6(11(19)15-12(20)14-10)9-8(18)7(17)5(4-16)21-9/h5,7-9,16-18H,4H2,1-3H3,(H2,14,15,19,20)/t5-,7-,8-,9+/m1/s1. The Morgan fingerprint density at radius 3 is 2.24 bits per heavy atom. The van der Waals surface area contributed by atoms with Crippen molar-refractivity contribution in [3.05, 3.63) is 32.1 Å². The fourth-order valence-corrected chi connectivity index (χ4v) is 2.50. The van der Waals surface area contributed by atoms with Gasteiger partial charge in [-0.1, -0.05) is 20.8 Å². The minimum Gasteiger partial charge on any atom is -0.394 e. The molecule has 0 aromatic carbocycles. The second-order valence-electron chi connectivity index (χ2n) is 6.21. The van der Waals surface area contributed by atoms with Crippen molar-refractivity contribution in [3.8, 4) is 0 Å². The van der Waals surface area contributed by atoms with Crippen molar-refractivity contribution in [1.82, 2.24) is 9.97 Å². The number of aromatic nitrogens is 2. The van der Waals surface area contributed by atoms with Gasteiger partial charge in [0.2, 0.25) is 0 Å². The quantitative estimate of drug-likeness (QED) is 0.452. The van der Waals surface area contributed by atoms with Gasteiger partial charge in [-0.3, -0.25) is 9.78 Å². The molecule has 1 aromatic heterocycles. The number of hydrogen-bond donors (Lipinski definition) is 5. The maximum atomic E-state index is 12.1. The molecule has 5 N–H and O–H groups in total. The molecule has 8 heteroatoms. The van der Waals surface area contributed by atoms with Gasteiger partial charge >= 0.3 is 5.69 Å². The molecule has 0 saturated carbocycles. The maximum Gasteiger partial charge on any atom is 0.325 e. The van der Waals surface area contributed by atoms with Gasteiger partial charge < -0.3 is 25.0 Å². The van der Waals surface area contributed by atoms with E-state index in [4.69, 9.17) is 9.84 Å². The molecule has 1 fully saturated rings. The Balaban J connectivity index is 2.60. The van der Waals surface area contributed by atoms with Gasteiger partial charge in [-0.05, 0) is 0 Å². The van der Waals surface area contributed by atoms with Gasteiger partial charge in [0.25, 0.3) is 5.56 Å². The first-order valence-electron chi connectivity index (χ1n) is 6.66. The molecule has 4 atom stereocenters. The lowest BCUT2D eigenvalue weighted by Gasteiger charge is -2.25. The van der Waals surface area contributed by atoms with Crippen LogP contribution in [0.1, 0.15) is 38.1 Å². The molecule has 0 radical (unpaired) electrons. The Labute approximate surface area is 120 Å². The summed E-state index contributed by atoms with van der Waals surface area (Å²) in [5, 5.41) is 29.0. The third kappa shape index (κ3) is 2.80. The number of H-pyrrole nitrogens is 2. The molecule has 0 bridgehead atoms. The van der Waals surface area contributed by atoms with Gasteiger partial charge in [0.05, 0.1) is 12.2 Å². The SMILES string of the molecule is CC(C)(C)c1[nH]c(=O)[nH]c(=O)c1[C@@H]1O[C@H](CO)[C@@H](O)[C@H]1O. The maximum absolute atomic E-state index is 12.1. The molecule has 2 heterocycles. The first kappa shape index (κ1) is 15.9. The van der Waals surface area contributed by atoms with Crippen LogP contribution in [0, 0.1) is 0 Å². The molecule has 1 aliphatic heterocycles. The summed E-state index contributed by atoms with van der Waals surface area (Å²) in [6, 6.07) is 0. The number of hydrogen-bond acceptors (Lipinski definition) is 6. The smallest absolute Gasteiger partial charge is 0.325 e. The van der Waals surface area contributed by atoms with Gasteiger partial charge in [-0.2, -0.15) is 0 Å². The van der Waals surface area contributed by atoms with Crippen LogP contribution in [-0.4, -0.2) is 50.2 Å². The van der Waals surface area contributed by atoms with Gasteiger partial charge in [0.1, 0.15) is 24.4 Å². The van der Waals surface area contributed by atoms with E-state index < -0.39 is 47.7 Å². The zero-order valence-corrected chi connectivity index (χ0v) is 12.1. The molecule has 1 saturated heterocycles. The van der Waals surface area contributed by atoms with Crippen LogP contribution in [0.3, 0.4) is 0 Å². The predicted octanol–water partition coefficient (Wildman–Crippen LogP) is -1.49. The monoisotopic (exact) mass is 300 g/mol. The van der Waals surface area contributed by atoms with Gasteiger partial charge in [-0.15, -0.1) is 0 Å². The number of aromatic amines is 2. The number of rotatable bonds is 2. The van der Waals surface area contributed by atoms with Gasteiger partial charge in [-0.25, -0.2) is 4.79 Å². The highest BCUT2D eigenvalue weighted by Crippen LogP contribution is 2.35. The summed E-state index contributed by atoms with van der Waals surface area (Å²) in [5.74, 6) is 0. The van der Waals surface area contributed by atoms with Crippen LogP contribution in [0.25, 0.3) is 0 Å². The van der Waals surface area contributed by atoms with Crippen LogP contribution in [-0.2, 0) is 10.2 Å². The molecule has 2 rings (SSSR count). The van der Waals surface area contributed by atoms with E-state index in [2.05, 4.69) is 9.97 Å². The molecule has 1 aromatic rings. The number of aliphatic hydroxyl groups is 3. The highest BCUT2D eigenvalue weighted by atomic mass is 16.6. The minimum atomic E-state index is -1.37. The van der Waals surface area contributed by atoms with E-state index in [0.29, 0.717) is 5.69 Å². The average molecular weight is 300 g/mol. The average Bonchev–Trinajstić information content (AvgIpc) is 2.64.